The Kier molecular flexibility index (Phi) is 4.63. The summed E-state index contributed by atoms with van der Waals surface area (Å²) in [5, 5.41) is 0. The molecule has 0 spiro atoms. The third kappa shape index (κ3) is 3.67. The number of piperazine rings is 1. The molecular formula is C16H25N3O2. The molecule has 1 aromatic rings. The van der Waals surface area contributed by atoms with Crippen LogP contribution in [-0.4, -0.2) is 55.9 Å². The first-order valence-corrected chi connectivity index (χ1v) is 7.78. The lowest BCUT2D eigenvalue weighted by Crippen LogP contribution is -2.47. The summed E-state index contributed by atoms with van der Waals surface area (Å²) in [6.07, 6.45) is 0. The summed E-state index contributed by atoms with van der Waals surface area (Å²) < 4.78 is 10.8. The summed E-state index contributed by atoms with van der Waals surface area (Å²) in [5.41, 5.74) is 7.00. The molecule has 0 radical (unpaired) electrons. The van der Waals surface area contributed by atoms with Crippen molar-refractivity contribution in [1.82, 2.24) is 9.80 Å². The maximum Gasteiger partial charge on any atom is 0.231 e. The molecule has 0 aromatic heterocycles. The van der Waals surface area contributed by atoms with Crippen molar-refractivity contribution in [3.8, 4) is 11.5 Å². The van der Waals surface area contributed by atoms with Crippen molar-refractivity contribution in [2.75, 3.05) is 46.1 Å². The molecule has 116 valence electrons. The molecule has 1 atom stereocenters. The second-order valence-corrected chi connectivity index (χ2v) is 6.11. The maximum atomic E-state index is 5.70. The zero-order chi connectivity index (χ0) is 14.7. The van der Waals surface area contributed by atoms with E-state index in [1.165, 1.54) is 5.56 Å². The standard InChI is InChI=1S/C16H25N3O2/c1-13(9-17)10-18-4-6-19(7-5-18)11-14-2-3-15-16(8-14)21-12-20-15/h2-3,8,13H,4-7,9-12,17H2,1H3. The lowest BCUT2D eigenvalue weighted by atomic mass is 10.1. The summed E-state index contributed by atoms with van der Waals surface area (Å²) in [6, 6.07) is 6.25. The Morgan fingerprint density at radius 2 is 1.81 bits per heavy atom. The van der Waals surface area contributed by atoms with E-state index >= 15 is 0 Å². The Labute approximate surface area is 126 Å². The second kappa shape index (κ2) is 6.64. The molecule has 2 aliphatic heterocycles. The van der Waals surface area contributed by atoms with Crippen molar-refractivity contribution < 1.29 is 9.47 Å². The molecular weight excluding hydrogens is 266 g/mol. The molecule has 0 aliphatic carbocycles. The van der Waals surface area contributed by atoms with Crippen LogP contribution < -0.4 is 15.2 Å². The topological polar surface area (TPSA) is 51.0 Å². The van der Waals surface area contributed by atoms with Crippen LogP contribution in [0, 0.1) is 5.92 Å². The van der Waals surface area contributed by atoms with Gasteiger partial charge in [0, 0.05) is 39.3 Å². The molecule has 0 bridgehead atoms. The Hall–Kier alpha value is -1.30. The van der Waals surface area contributed by atoms with Crippen LogP contribution in [0.3, 0.4) is 0 Å². The zero-order valence-electron chi connectivity index (χ0n) is 12.8. The fourth-order valence-corrected chi connectivity index (χ4v) is 2.94. The largest absolute Gasteiger partial charge is 0.454 e. The lowest BCUT2D eigenvalue weighted by molar-refractivity contribution is 0.116. The molecule has 5 nitrogen and oxygen atoms in total. The Bertz CT molecular complexity index is 473. The van der Waals surface area contributed by atoms with Gasteiger partial charge in [0.05, 0.1) is 0 Å². The summed E-state index contributed by atoms with van der Waals surface area (Å²) in [7, 11) is 0. The molecule has 1 aromatic carbocycles. The third-order valence-electron chi connectivity index (χ3n) is 4.28. The summed E-state index contributed by atoms with van der Waals surface area (Å²) in [4.78, 5) is 5.02. The first-order chi connectivity index (χ1) is 10.2. The maximum absolute atomic E-state index is 5.70. The minimum absolute atomic E-state index is 0.344. The van der Waals surface area contributed by atoms with Crippen molar-refractivity contribution >= 4 is 0 Å². The monoisotopic (exact) mass is 291 g/mol. The molecule has 1 saturated heterocycles. The van der Waals surface area contributed by atoms with E-state index in [-0.39, 0.29) is 0 Å². The lowest BCUT2D eigenvalue weighted by Gasteiger charge is -2.35. The highest BCUT2D eigenvalue weighted by atomic mass is 16.7. The Morgan fingerprint density at radius 3 is 2.57 bits per heavy atom. The molecule has 21 heavy (non-hydrogen) atoms. The number of rotatable bonds is 5. The number of fused-ring (bicyclic) bond motifs is 1. The van der Waals surface area contributed by atoms with E-state index in [4.69, 9.17) is 15.2 Å². The highest BCUT2D eigenvalue weighted by molar-refractivity contribution is 5.44. The van der Waals surface area contributed by atoms with Crippen molar-refractivity contribution in [2.45, 2.75) is 13.5 Å². The average molecular weight is 291 g/mol. The summed E-state index contributed by atoms with van der Waals surface area (Å²) in [6.45, 7) is 9.94. The first kappa shape index (κ1) is 14.6. The quantitative estimate of drug-likeness (QED) is 0.881. The summed E-state index contributed by atoms with van der Waals surface area (Å²) in [5.74, 6) is 2.33. The van der Waals surface area contributed by atoms with E-state index in [1.54, 1.807) is 0 Å². The van der Waals surface area contributed by atoms with Gasteiger partial charge >= 0.3 is 0 Å². The number of hydrogen-bond acceptors (Lipinski definition) is 5. The predicted molar refractivity (Wildman–Crippen MR) is 82.5 cm³/mol. The first-order valence-electron chi connectivity index (χ1n) is 7.78. The number of benzene rings is 1. The fourth-order valence-electron chi connectivity index (χ4n) is 2.94. The van der Waals surface area contributed by atoms with Crippen LogP contribution >= 0.6 is 0 Å². The van der Waals surface area contributed by atoms with Gasteiger partial charge in [-0.15, -0.1) is 0 Å². The predicted octanol–water partition coefficient (Wildman–Crippen LogP) is 1.13. The van der Waals surface area contributed by atoms with Crippen molar-refractivity contribution in [1.29, 1.82) is 0 Å². The number of ether oxygens (including phenoxy) is 2. The number of hydrogen-bond donors (Lipinski definition) is 1. The van der Waals surface area contributed by atoms with E-state index in [0.29, 0.717) is 12.7 Å². The molecule has 2 aliphatic rings. The molecule has 0 amide bonds. The van der Waals surface area contributed by atoms with Crippen LogP contribution in [0.4, 0.5) is 0 Å². The molecule has 2 heterocycles. The second-order valence-electron chi connectivity index (χ2n) is 6.11. The van der Waals surface area contributed by atoms with Gasteiger partial charge in [-0.05, 0) is 30.2 Å². The highest BCUT2D eigenvalue weighted by Crippen LogP contribution is 2.32. The van der Waals surface area contributed by atoms with E-state index < -0.39 is 0 Å². The number of nitrogens with zero attached hydrogens (tertiary/aromatic N) is 2. The molecule has 1 unspecified atom stereocenters. The molecule has 0 saturated carbocycles. The van der Waals surface area contributed by atoms with Crippen LogP contribution in [-0.2, 0) is 6.54 Å². The smallest absolute Gasteiger partial charge is 0.231 e. The van der Waals surface area contributed by atoms with Crippen molar-refractivity contribution in [3.63, 3.8) is 0 Å². The van der Waals surface area contributed by atoms with Crippen LogP contribution in [0.2, 0.25) is 0 Å². The minimum Gasteiger partial charge on any atom is -0.454 e. The van der Waals surface area contributed by atoms with E-state index in [9.17, 15) is 0 Å². The minimum atomic E-state index is 0.344. The van der Waals surface area contributed by atoms with E-state index in [2.05, 4.69) is 28.9 Å². The van der Waals surface area contributed by atoms with Gasteiger partial charge in [-0.3, -0.25) is 4.90 Å². The fraction of sp³-hybridized carbons (Fsp3) is 0.625. The Morgan fingerprint density at radius 1 is 1.10 bits per heavy atom. The molecule has 5 heteroatoms. The van der Waals surface area contributed by atoms with Crippen LogP contribution in [0.15, 0.2) is 18.2 Å². The van der Waals surface area contributed by atoms with Crippen LogP contribution in [0.5, 0.6) is 11.5 Å². The van der Waals surface area contributed by atoms with Gasteiger partial charge in [0.15, 0.2) is 11.5 Å². The van der Waals surface area contributed by atoms with Crippen LogP contribution in [0.1, 0.15) is 12.5 Å². The summed E-state index contributed by atoms with van der Waals surface area (Å²) >= 11 is 0. The SMILES string of the molecule is CC(CN)CN1CCN(Cc2ccc3c(c2)OCO3)CC1. The average Bonchev–Trinajstić information content (AvgIpc) is 2.96. The van der Waals surface area contributed by atoms with Crippen molar-refractivity contribution in [2.24, 2.45) is 11.7 Å². The zero-order valence-corrected chi connectivity index (χ0v) is 12.8. The van der Waals surface area contributed by atoms with E-state index in [1.807, 2.05) is 6.07 Å². The molecule has 1 fully saturated rings. The van der Waals surface area contributed by atoms with Gasteiger partial charge in [0.2, 0.25) is 6.79 Å². The van der Waals surface area contributed by atoms with E-state index in [0.717, 1.165) is 57.3 Å². The van der Waals surface area contributed by atoms with Crippen molar-refractivity contribution in [3.05, 3.63) is 23.8 Å². The van der Waals surface area contributed by atoms with Gasteiger partial charge in [0.1, 0.15) is 0 Å². The van der Waals surface area contributed by atoms with Gasteiger partial charge in [0.25, 0.3) is 0 Å². The van der Waals surface area contributed by atoms with Gasteiger partial charge < -0.3 is 20.1 Å². The Balaban J connectivity index is 1.49. The van der Waals surface area contributed by atoms with Gasteiger partial charge in [-0.2, -0.15) is 0 Å². The highest BCUT2D eigenvalue weighted by Gasteiger charge is 2.19. The van der Waals surface area contributed by atoms with Gasteiger partial charge in [-0.1, -0.05) is 13.0 Å². The third-order valence-corrected chi connectivity index (χ3v) is 4.28. The normalized spacial score (nSPS) is 20.7. The number of nitrogens with two attached hydrogens (primary N) is 1. The van der Waals surface area contributed by atoms with Gasteiger partial charge in [-0.25, -0.2) is 0 Å². The van der Waals surface area contributed by atoms with Crippen LogP contribution in [0.25, 0.3) is 0 Å². The molecule has 2 N–H and O–H groups in total. The molecule has 3 rings (SSSR count).